The fourth-order valence-electron chi connectivity index (χ4n) is 3.39. The number of carbonyl (C=O) groups excluding carboxylic acids is 1. The molecule has 172 valence electrons. The monoisotopic (exact) mass is 450 g/mol. The number of amides is 1. The van der Waals surface area contributed by atoms with Gasteiger partial charge < -0.3 is 14.7 Å². The maximum absolute atomic E-state index is 13.4. The highest BCUT2D eigenvalue weighted by Crippen LogP contribution is 2.34. The van der Waals surface area contributed by atoms with Crippen molar-refractivity contribution in [3.8, 4) is 17.6 Å². The van der Waals surface area contributed by atoms with Gasteiger partial charge in [0.2, 0.25) is 15.9 Å². The Kier molecular flexibility index (Phi) is 8.52. The number of nitrogens with zero attached hydrogens (tertiary/aromatic N) is 2. The second-order valence-electron chi connectivity index (χ2n) is 8.45. The summed E-state index contributed by atoms with van der Waals surface area (Å²) < 4.78 is 34.4. The van der Waals surface area contributed by atoms with Crippen LogP contribution >= 0.6 is 0 Å². The van der Waals surface area contributed by atoms with E-state index >= 15 is 0 Å². The molecule has 2 rings (SSSR count). The molecule has 1 aliphatic rings. The Bertz CT molecular complexity index is 948. The van der Waals surface area contributed by atoms with Crippen molar-refractivity contribution in [1.29, 1.82) is 0 Å². The summed E-state index contributed by atoms with van der Waals surface area (Å²) in [6.07, 6.45) is -0.0398. The second-order valence-corrected chi connectivity index (χ2v) is 10.3. The van der Waals surface area contributed by atoms with Gasteiger partial charge in [-0.2, -0.15) is 4.31 Å². The van der Waals surface area contributed by atoms with E-state index in [2.05, 4.69) is 11.8 Å². The summed E-state index contributed by atoms with van der Waals surface area (Å²) in [6.45, 7) is 9.55. The summed E-state index contributed by atoms with van der Waals surface area (Å²) in [5, 5.41) is 9.69. The summed E-state index contributed by atoms with van der Waals surface area (Å²) in [5.74, 6) is 6.30. The predicted octanol–water partition coefficient (Wildman–Crippen LogP) is 2.33. The maximum Gasteiger partial charge on any atom is 0.247 e. The van der Waals surface area contributed by atoms with E-state index in [1.54, 1.807) is 37.9 Å². The largest absolute Gasteiger partial charge is 0.487 e. The molecule has 31 heavy (non-hydrogen) atoms. The Balaban J connectivity index is 2.58. The van der Waals surface area contributed by atoms with Crippen LogP contribution in [0.25, 0.3) is 0 Å². The van der Waals surface area contributed by atoms with E-state index in [1.165, 1.54) is 10.4 Å². The minimum atomic E-state index is -3.89. The van der Waals surface area contributed by atoms with Crippen LogP contribution in [0.1, 0.15) is 46.6 Å². The minimum absolute atomic E-state index is 0.0113. The number of likely N-dealkylation sites (N-methyl/N-ethyl adjacent to an activating group) is 1. The van der Waals surface area contributed by atoms with Crippen molar-refractivity contribution in [3.63, 3.8) is 0 Å². The average Bonchev–Trinajstić information content (AvgIpc) is 2.73. The first-order valence-corrected chi connectivity index (χ1v) is 12.1. The van der Waals surface area contributed by atoms with Crippen molar-refractivity contribution in [2.45, 2.75) is 58.1 Å². The molecule has 0 spiro atoms. The Hall–Kier alpha value is -2.08. The topological polar surface area (TPSA) is 87.2 Å². The van der Waals surface area contributed by atoms with Crippen LogP contribution in [0.2, 0.25) is 0 Å². The number of hydrogen-bond donors (Lipinski definition) is 1. The molecule has 0 aliphatic carbocycles. The number of hydrogen-bond acceptors (Lipinski definition) is 5. The number of carbonyl (C=O) groups is 1. The van der Waals surface area contributed by atoms with E-state index < -0.39 is 22.2 Å². The lowest BCUT2D eigenvalue weighted by molar-refractivity contribution is -0.131. The molecule has 1 aliphatic heterocycles. The first-order chi connectivity index (χ1) is 14.5. The third-order valence-electron chi connectivity index (χ3n) is 5.35. The van der Waals surface area contributed by atoms with Crippen LogP contribution in [-0.4, -0.2) is 67.5 Å². The lowest BCUT2D eigenvalue weighted by Gasteiger charge is -2.37. The number of fused-ring (bicyclic) bond motifs is 1. The molecule has 0 radical (unpaired) electrons. The normalized spacial score (nSPS) is 21.7. The molecule has 1 aromatic carbocycles. The highest BCUT2D eigenvalue weighted by molar-refractivity contribution is 7.89. The summed E-state index contributed by atoms with van der Waals surface area (Å²) in [6, 6.07) is 4.25. The first kappa shape index (κ1) is 25.2. The Morgan fingerprint density at radius 3 is 2.61 bits per heavy atom. The third-order valence-corrected chi connectivity index (χ3v) is 7.37. The number of rotatable bonds is 5. The Morgan fingerprint density at radius 2 is 2.03 bits per heavy atom. The van der Waals surface area contributed by atoms with Gasteiger partial charge in [0, 0.05) is 43.5 Å². The number of ether oxygens (including phenoxy) is 1. The summed E-state index contributed by atoms with van der Waals surface area (Å²) in [4.78, 5) is 13.8. The third kappa shape index (κ3) is 6.00. The van der Waals surface area contributed by atoms with Gasteiger partial charge in [-0.25, -0.2) is 8.42 Å². The second kappa shape index (κ2) is 10.5. The molecule has 0 fully saturated rings. The molecule has 0 saturated heterocycles. The van der Waals surface area contributed by atoms with Crippen LogP contribution in [0.5, 0.6) is 5.75 Å². The lowest BCUT2D eigenvalue weighted by atomic mass is 10.0. The van der Waals surface area contributed by atoms with E-state index in [-0.39, 0.29) is 41.5 Å². The van der Waals surface area contributed by atoms with Gasteiger partial charge in [0.1, 0.15) is 16.7 Å². The molecule has 1 amide bonds. The molecule has 8 heteroatoms. The zero-order chi connectivity index (χ0) is 23.3. The van der Waals surface area contributed by atoms with Gasteiger partial charge in [-0.15, -0.1) is 0 Å². The molecular formula is C23H34N2O5S. The van der Waals surface area contributed by atoms with Gasteiger partial charge in [-0.3, -0.25) is 4.79 Å². The predicted molar refractivity (Wildman–Crippen MR) is 120 cm³/mol. The molecule has 0 bridgehead atoms. The number of aliphatic hydroxyl groups is 1. The van der Waals surface area contributed by atoms with Crippen molar-refractivity contribution in [2.24, 2.45) is 11.8 Å². The molecule has 0 unspecified atom stereocenters. The average molecular weight is 451 g/mol. The summed E-state index contributed by atoms with van der Waals surface area (Å²) in [5.41, 5.74) is 0.661. The smallest absolute Gasteiger partial charge is 0.247 e. The fraction of sp³-hybridized carbons (Fsp3) is 0.609. The zero-order valence-electron chi connectivity index (χ0n) is 19.3. The van der Waals surface area contributed by atoms with E-state index in [4.69, 9.17) is 4.74 Å². The Morgan fingerprint density at radius 1 is 1.35 bits per heavy atom. The van der Waals surface area contributed by atoms with Crippen molar-refractivity contribution < 1.29 is 23.1 Å². The van der Waals surface area contributed by atoms with Gasteiger partial charge in [0.05, 0.1) is 13.2 Å². The quantitative estimate of drug-likeness (QED) is 0.696. The summed E-state index contributed by atoms with van der Waals surface area (Å²) >= 11 is 0. The van der Waals surface area contributed by atoms with Gasteiger partial charge in [0.15, 0.2) is 0 Å². The van der Waals surface area contributed by atoms with Gasteiger partial charge in [-0.05, 0) is 25.1 Å². The van der Waals surface area contributed by atoms with Gasteiger partial charge >= 0.3 is 0 Å². The molecule has 1 heterocycles. The van der Waals surface area contributed by atoms with E-state index in [0.29, 0.717) is 18.5 Å². The van der Waals surface area contributed by atoms with Crippen LogP contribution in [-0.2, 0) is 14.8 Å². The zero-order valence-corrected chi connectivity index (χ0v) is 20.1. The van der Waals surface area contributed by atoms with Crippen LogP contribution in [0.4, 0.5) is 0 Å². The minimum Gasteiger partial charge on any atom is -0.487 e. The van der Waals surface area contributed by atoms with E-state index in [9.17, 15) is 18.3 Å². The van der Waals surface area contributed by atoms with Crippen molar-refractivity contribution >= 4 is 15.9 Å². The van der Waals surface area contributed by atoms with Gasteiger partial charge in [0.25, 0.3) is 0 Å². The van der Waals surface area contributed by atoms with Crippen LogP contribution < -0.4 is 4.74 Å². The van der Waals surface area contributed by atoms with E-state index in [1.807, 2.05) is 20.8 Å². The molecule has 3 atom stereocenters. The van der Waals surface area contributed by atoms with Crippen molar-refractivity contribution in [3.05, 3.63) is 23.8 Å². The molecule has 0 aromatic heterocycles. The fourth-order valence-corrected chi connectivity index (χ4v) is 5.22. The molecule has 1 N–H and O–H groups in total. The molecule has 0 saturated carbocycles. The lowest BCUT2D eigenvalue weighted by Crippen LogP contribution is -2.50. The molecular weight excluding hydrogens is 416 g/mol. The standard InChI is InChI=1S/C23H34N2O5S/c1-7-23(27)24(6)14-21-17(4)13-25(18(5)15-26)31(28,29)22-11-10-19(9-8-16(2)3)12-20(22)30-21/h10-12,16-18,21,26H,7,13-15H2,1-6H3/t17-,18-,21-/m1/s1. The van der Waals surface area contributed by atoms with Crippen molar-refractivity contribution in [1.82, 2.24) is 9.21 Å². The SMILES string of the molecule is CCC(=O)N(C)C[C@H]1Oc2cc(C#CC(C)C)ccc2S(=O)(=O)N([C@H](C)CO)C[C@H]1C. The molecule has 1 aromatic rings. The van der Waals surface area contributed by atoms with Gasteiger partial charge in [-0.1, -0.05) is 39.5 Å². The van der Waals surface area contributed by atoms with Crippen molar-refractivity contribution in [2.75, 3.05) is 26.7 Å². The Labute approximate surface area is 186 Å². The molecule has 7 nitrogen and oxygen atoms in total. The van der Waals surface area contributed by atoms with Crippen LogP contribution in [0, 0.1) is 23.7 Å². The van der Waals surface area contributed by atoms with E-state index in [0.717, 1.165) is 0 Å². The van der Waals surface area contributed by atoms with Crippen LogP contribution in [0.15, 0.2) is 23.1 Å². The highest BCUT2D eigenvalue weighted by atomic mass is 32.2. The number of benzene rings is 1. The number of aliphatic hydroxyl groups excluding tert-OH is 1. The first-order valence-electron chi connectivity index (χ1n) is 10.7. The maximum atomic E-state index is 13.4. The van der Waals surface area contributed by atoms with Crippen LogP contribution in [0.3, 0.4) is 0 Å². The summed E-state index contributed by atoms with van der Waals surface area (Å²) in [7, 11) is -2.17. The highest BCUT2D eigenvalue weighted by Gasteiger charge is 2.38. The number of sulfonamides is 1.